The fraction of sp³-hybridized carbons (Fsp3) is 0.333. The minimum absolute atomic E-state index is 0.292. The maximum atomic E-state index is 10.4. The van der Waals surface area contributed by atoms with Crippen LogP contribution in [0.15, 0.2) is 4.99 Å². The van der Waals surface area contributed by atoms with Crippen molar-refractivity contribution in [3.05, 3.63) is 0 Å². The summed E-state index contributed by atoms with van der Waals surface area (Å²) in [6.45, 7) is 0. The Morgan fingerprint density at radius 1 is 1.56 bits per heavy atom. The predicted molar refractivity (Wildman–Crippen MR) is 28.8 cm³/mol. The number of nitrogens with zero attached hydrogens (tertiary/aromatic N) is 1. The van der Waals surface area contributed by atoms with Gasteiger partial charge in [0, 0.05) is 0 Å². The molecular weight excluding hydrogens is 124 g/mol. The number of aliphatic imine (C=N–C) groups is 1. The summed E-state index contributed by atoms with van der Waals surface area (Å²) in [4.78, 5) is 13.6. The molecule has 0 aromatic heterocycles. The lowest BCUT2D eigenvalue weighted by molar-refractivity contribution is -0.145. The summed E-state index contributed by atoms with van der Waals surface area (Å²) in [5.74, 6) is -2.82. The fourth-order valence-electron chi connectivity index (χ4n) is 0.458. The highest BCUT2D eigenvalue weighted by Crippen LogP contribution is 2.04. The summed E-state index contributed by atoms with van der Waals surface area (Å²) in [5, 5.41) is 0. The number of hydrogen-bond donors (Lipinski definition) is 3. The molecule has 1 aliphatic rings. The first-order valence-corrected chi connectivity index (χ1v) is 2.18. The Bertz CT molecular complexity index is 184. The number of nitrogens with two attached hydrogens (primary N) is 3. The van der Waals surface area contributed by atoms with Crippen LogP contribution >= 0.6 is 0 Å². The Balaban J connectivity index is 2.86. The number of esters is 1. The van der Waals surface area contributed by atoms with Gasteiger partial charge < -0.3 is 10.5 Å². The fourth-order valence-corrected chi connectivity index (χ4v) is 0.458. The summed E-state index contributed by atoms with van der Waals surface area (Å²) >= 11 is 0. The Hall–Kier alpha value is -1.14. The number of cyclic esters (lactones) is 1. The lowest BCUT2D eigenvalue weighted by Gasteiger charge is -2.10. The van der Waals surface area contributed by atoms with E-state index in [-0.39, 0.29) is 5.84 Å². The number of carbonyl (C=O) groups is 1. The van der Waals surface area contributed by atoms with Gasteiger partial charge in [0.15, 0.2) is 0 Å². The first-order chi connectivity index (χ1) is 4.01. The summed E-state index contributed by atoms with van der Waals surface area (Å²) in [6, 6.07) is 0. The molecule has 0 bridgehead atoms. The molecule has 0 unspecified atom stereocenters. The monoisotopic (exact) mass is 130 g/mol. The van der Waals surface area contributed by atoms with Crippen LogP contribution in [-0.4, -0.2) is 17.8 Å². The van der Waals surface area contributed by atoms with E-state index in [4.69, 9.17) is 17.2 Å². The van der Waals surface area contributed by atoms with Crippen molar-refractivity contribution in [1.29, 1.82) is 0 Å². The number of rotatable bonds is 0. The molecule has 0 radical (unpaired) electrons. The van der Waals surface area contributed by atoms with Crippen molar-refractivity contribution in [3.8, 4) is 0 Å². The lowest BCUT2D eigenvalue weighted by Crippen LogP contribution is -2.48. The van der Waals surface area contributed by atoms with E-state index < -0.39 is 11.9 Å². The third kappa shape index (κ3) is 0.980. The second-order valence-corrected chi connectivity index (χ2v) is 1.64. The van der Waals surface area contributed by atoms with Gasteiger partial charge in [-0.1, -0.05) is 0 Å². The van der Waals surface area contributed by atoms with E-state index >= 15 is 0 Å². The quantitative estimate of drug-likeness (QED) is 0.246. The first kappa shape index (κ1) is 5.99. The van der Waals surface area contributed by atoms with Crippen LogP contribution in [0.2, 0.25) is 0 Å². The first-order valence-electron chi connectivity index (χ1n) is 2.18. The van der Waals surface area contributed by atoms with Crippen molar-refractivity contribution in [2.45, 2.75) is 5.97 Å². The zero-order valence-electron chi connectivity index (χ0n) is 4.50. The van der Waals surface area contributed by atoms with Gasteiger partial charge in [0.05, 0.1) is 0 Å². The van der Waals surface area contributed by atoms with Crippen molar-refractivity contribution < 1.29 is 9.53 Å². The van der Waals surface area contributed by atoms with E-state index in [1.807, 2.05) is 0 Å². The third-order valence-electron chi connectivity index (χ3n) is 0.761. The normalized spacial score (nSPS) is 23.3. The molecule has 0 spiro atoms. The van der Waals surface area contributed by atoms with Gasteiger partial charge in [-0.05, 0) is 0 Å². The molecule has 0 aliphatic carbocycles. The molecule has 0 atom stereocenters. The Kier molecular flexibility index (Phi) is 0.948. The second kappa shape index (κ2) is 1.42. The molecule has 6 N–H and O–H groups in total. The lowest BCUT2D eigenvalue weighted by atomic mass is 10.6. The Labute approximate surface area is 50.7 Å². The molecule has 0 aromatic rings. The summed E-state index contributed by atoms with van der Waals surface area (Å²) in [5.41, 5.74) is 15.0. The zero-order valence-corrected chi connectivity index (χ0v) is 4.50. The molecule has 1 heterocycles. The van der Waals surface area contributed by atoms with Crippen molar-refractivity contribution in [1.82, 2.24) is 0 Å². The van der Waals surface area contributed by atoms with Gasteiger partial charge >= 0.3 is 11.9 Å². The van der Waals surface area contributed by atoms with E-state index in [0.29, 0.717) is 0 Å². The average Bonchev–Trinajstić information content (AvgIpc) is 1.79. The van der Waals surface area contributed by atoms with E-state index in [2.05, 4.69) is 9.73 Å². The van der Waals surface area contributed by atoms with Gasteiger partial charge in [0.1, 0.15) is 0 Å². The highest BCUT2D eigenvalue weighted by molar-refractivity contribution is 6.36. The van der Waals surface area contributed by atoms with Crippen LogP contribution in [0.3, 0.4) is 0 Å². The van der Waals surface area contributed by atoms with Crippen molar-refractivity contribution in [2.24, 2.45) is 22.2 Å². The van der Waals surface area contributed by atoms with E-state index in [9.17, 15) is 4.79 Å². The van der Waals surface area contributed by atoms with Gasteiger partial charge in [0.25, 0.3) is 0 Å². The van der Waals surface area contributed by atoms with Gasteiger partial charge in [0.2, 0.25) is 5.84 Å². The maximum absolute atomic E-state index is 10.4. The molecule has 1 rings (SSSR count). The molecule has 1 aliphatic heterocycles. The molecule has 50 valence electrons. The number of carbonyl (C=O) groups excluding carboxylic acids is 1. The topological polar surface area (TPSA) is 117 Å². The van der Waals surface area contributed by atoms with Gasteiger partial charge in [-0.3, -0.25) is 11.5 Å². The third-order valence-corrected chi connectivity index (χ3v) is 0.761. The van der Waals surface area contributed by atoms with Crippen molar-refractivity contribution in [3.63, 3.8) is 0 Å². The van der Waals surface area contributed by atoms with E-state index in [1.165, 1.54) is 0 Å². The molecule has 0 aromatic carbocycles. The number of hydrogen-bond acceptors (Lipinski definition) is 6. The summed E-state index contributed by atoms with van der Waals surface area (Å²) < 4.78 is 4.25. The van der Waals surface area contributed by atoms with Gasteiger partial charge in [-0.25, -0.2) is 4.79 Å². The highest BCUT2D eigenvalue weighted by Gasteiger charge is 2.33. The van der Waals surface area contributed by atoms with Crippen LogP contribution < -0.4 is 17.2 Å². The summed E-state index contributed by atoms with van der Waals surface area (Å²) in [7, 11) is 0. The summed E-state index contributed by atoms with van der Waals surface area (Å²) in [6.07, 6.45) is 0. The molecule has 0 fully saturated rings. The molecule has 0 saturated carbocycles. The SMILES string of the molecule is NC1=NC(N)(N)OC1=O. The van der Waals surface area contributed by atoms with Gasteiger partial charge in [-0.15, -0.1) is 0 Å². The zero-order chi connectivity index (χ0) is 7.07. The Morgan fingerprint density at radius 2 is 2.11 bits per heavy atom. The minimum Gasteiger partial charge on any atom is -0.404 e. The average molecular weight is 130 g/mol. The highest BCUT2D eigenvalue weighted by atomic mass is 16.6. The maximum Gasteiger partial charge on any atom is 0.377 e. The molecule has 6 heteroatoms. The van der Waals surface area contributed by atoms with E-state index in [0.717, 1.165) is 0 Å². The smallest absolute Gasteiger partial charge is 0.377 e. The van der Waals surface area contributed by atoms with Crippen LogP contribution in [0.5, 0.6) is 0 Å². The standard InChI is InChI=1S/C3H6N4O2/c4-1-2(8)9-3(5,6)7-1/h5-6H2,(H2,4,7). The number of amidine groups is 1. The van der Waals surface area contributed by atoms with Crippen LogP contribution in [0.4, 0.5) is 0 Å². The Morgan fingerprint density at radius 3 is 2.22 bits per heavy atom. The van der Waals surface area contributed by atoms with Crippen LogP contribution in [-0.2, 0) is 9.53 Å². The van der Waals surface area contributed by atoms with E-state index in [1.54, 1.807) is 0 Å². The van der Waals surface area contributed by atoms with Gasteiger partial charge in [-0.2, -0.15) is 4.99 Å². The molecular formula is C3H6N4O2. The minimum atomic E-state index is -1.75. The second-order valence-electron chi connectivity index (χ2n) is 1.64. The van der Waals surface area contributed by atoms with Crippen LogP contribution in [0.25, 0.3) is 0 Å². The van der Waals surface area contributed by atoms with Crippen molar-refractivity contribution in [2.75, 3.05) is 0 Å². The number of ether oxygens (including phenoxy) is 1. The van der Waals surface area contributed by atoms with Crippen molar-refractivity contribution >= 4 is 11.8 Å². The predicted octanol–water partition coefficient (Wildman–Crippen LogP) is -2.57. The van der Waals surface area contributed by atoms with Crippen LogP contribution in [0.1, 0.15) is 0 Å². The molecule has 6 nitrogen and oxygen atoms in total. The molecule has 9 heavy (non-hydrogen) atoms. The largest absolute Gasteiger partial charge is 0.404 e. The molecule has 0 amide bonds. The molecule has 0 saturated heterocycles. The van der Waals surface area contributed by atoms with Crippen LogP contribution in [0, 0.1) is 0 Å².